The third-order valence-corrected chi connectivity index (χ3v) is 6.06. The van der Waals surface area contributed by atoms with E-state index in [4.69, 9.17) is 14.2 Å². The third kappa shape index (κ3) is 6.14. The van der Waals surface area contributed by atoms with Gasteiger partial charge in [-0.15, -0.1) is 0 Å². The Morgan fingerprint density at radius 3 is 2.89 bits per heavy atom. The molecular formula is C25H30FN3O6. The smallest absolute Gasteiger partial charge is 0.270 e. The first-order chi connectivity index (χ1) is 17.0. The molecule has 0 unspecified atom stereocenters. The highest BCUT2D eigenvalue weighted by Gasteiger charge is 2.28. The van der Waals surface area contributed by atoms with Crippen LogP contribution in [0.3, 0.4) is 0 Å². The van der Waals surface area contributed by atoms with Gasteiger partial charge in [0.05, 0.1) is 36.6 Å². The number of nitrogens with one attached hydrogen (secondary N) is 2. The lowest BCUT2D eigenvalue weighted by Gasteiger charge is -2.28. The molecule has 0 saturated carbocycles. The van der Waals surface area contributed by atoms with E-state index in [1.807, 2.05) is 0 Å². The van der Waals surface area contributed by atoms with Gasteiger partial charge in [0.2, 0.25) is 0 Å². The van der Waals surface area contributed by atoms with E-state index in [2.05, 4.69) is 15.6 Å². The van der Waals surface area contributed by atoms with Crippen LogP contribution in [-0.4, -0.2) is 74.1 Å². The fraction of sp³-hybridized carbons (Fsp3) is 0.480. The molecule has 2 aliphatic heterocycles. The summed E-state index contributed by atoms with van der Waals surface area (Å²) in [6.07, 6.45) is 1.25. The number of aromatic nitrogens is 1. The molecule has 2 amide bonds. The number of aliphatic hydroxyl groups is 1. The molecule has 4 rings (SSSR count). The summed E-state index contributed by atoms with van der Waals surface area (Å²) in [7, 11) is 1.58. The molecule has 35 heavy (non-hydrogen) atoms. The molecule has 0 bridgehead atoms. The van der Waals surface area contributed by atoms with Crippen LogP contribution in [0.2, 0.25) is 0 Å². The molecule has 0 spiro atoms. The van der Waals surface area contributed by atoms with Gasteiger partial charge in [-0.1, -0.05) is 6.07 Å². The van der Waals surface area contributed by atoms with Crippen molar-refractivity contribution in [2.75, 3.05) is 40.1 Å². The van der Waals surface area contributed by atoms with E-state index in [-0.39, 0.29) is 17.9 Å². The van der Waals surface area contributed by atoms with Crippen LogP contribution in [0.4, 0.5) is 4.39 Å². The van der Waals surface area contributed by atoms with Crippen LogP contribution in [0, 0.1) is 5.82 Å². The zero-order valence-electron chi connectivity index (χ0n) is 19.6. The minimum atomic E-state index is -0.774. The van der Waals surface area contributed by atoms with E-state index in [1.165, 1.54) is 12.1 Å². The van der Waals surface area contributed by atoms with Crippen LogP contribution in [0.5, 0.6) is 5.75 Å². The maximum atomic E-state index is 14.7. The first-order valence-electron chi connectivity index (χ1n) is 11.7. The number of pyridine rings is 1. The largest absolute Gasteiger partial charge is 0.491 e. The SMILES string of the molecule is COCCCNC(=O)c1ccc(Cc2cc(C(=O)N[C@H]3CCOC[C@@H]3O)nc3c2OCC3)cc1F. The number of rotatable bonds is 9. The summed E-state index contributed by atoms with van der Waals surface area (Å²) >= 11 is 0. The van der Waals surface area contributed by atoms with Gasteiger partial charge in [-0.3, -0.25) is 9.59 Å². The Bertz CT molecular complexity index is 1080. The van der Waals surface area contributed by atoms with Gasteiger partial charge < -0.3 is 30.0 Å². The number of carbonyl (C=O) groups excluding carboxylic acids is 2. The van der Waals surface area contributed by atoms with E-state index < -0.39 is 29.8 Å². The number of methoxy groups -OCH3 is 1. The average molecular weight is 488 g/mol. The molecule has 1 aromatic carbocycles. The topological polar surface area (TPSA) is 119 Å². The first kappa shape index (κ1) is 25.0. The van der Waals surface area contributed by atoms with Crippen molar-refractivity contribution in [1.82, 2.24) is 15.6 Å². The second-order valence-electron chi connectivity index (χ2n) is 8.65. The highest BCUT2D eigenvalue weighted by Crippen LogP contribution is 2.31. The minimum absolute atomic E-state index is 0.0301. The molecule has 2 atom stereocenters. The summed E-state index contributed by atoms with van der Waals surface area (Å²) in [4.78, 5) is 29.6. The number of nitrogens with zero attached hydrogens (tertiary/aromatic N) is 1. The van der Waals surface area contributed by atoms with Gasteiger partial charge in [-0.25, -0.2) is 9.37 Å². The highest BCUT2D eigenvalue weighted by molar-refractivity contribution is 5.94. The molecule has 3 heterocycles. The number of aliphatic hydroxyl groups excluding tert-OH is 1. The number of carbonyl (C=O) groups is 2. The zero-order valence-corrected chi connectivity index (χ0v) is 19.6. The minimum Gasteiger partial charge on any atom is -0.491 e. The number of halogens is 1. The molecule has 188 valence electrons. The molecule has 1 fully saturated rings. The Balaban J connectivity index is 1.49. The average Bonchev–Trinajstić information content (AvgIpc) is 3.32. The van der Waals surface area contributed by atoms with E-state index >= 15 is 0 Å². The Hall–Kier alpha value is -3.08. The Labute approximate surface area is 203 Å². The summed E-state index contributed by atoms with van der Waals surface area (Å²) < 4.78 is 30.6. The normalized spacial score (nSPS) is 19.1. The predicted octanol–water partition coefficient (Wildman–Crippen LogP) is 1.39. The molecule has 2 aliphatic rings. The molecule has 1 saturated heterocycles. The maximum Gasteiger partial charge on any atom is 0.270 e. The molecule has 1 aromatic heterocycles. The summed E-state index contributed by atoms with van der Waals surface area (Å²) in [5.41, 5.74) is 2.20. The third-order valence-electron chi connectivity index (χ3n) is 6.06. The van der Waals surface area contributed by atoms with Crippen molar-refractivity contribution >= 4 is 11.8 Å². The van der Waals surface area contributed by atoms with Crippen LogP contribution >= 0.6 is 0 Å². The Kier molecular flexibility index (Phi) is 8.27. The number of amides is 2. The number of hydrogen-bond donors (Lipinski definition) is 3. The van der Waals surface area contributed by atoms with E-state index in [0.717, 1.165) is 0 Å². The summed E-state index contributed by atoms with van der Waals surface area (Å²) in [5, 5.41) is 15.6. The fourth-order valence-electron chi connectivity index (χ4n) is 4.21. The standard InChI is InChI=1S/C25H30FN3O6/c1-33-8-2-7-27-24(31)17-4-3-15(12-18(17)26)11-16-13-21(28-20-6-10-35-23(16)20)25(32)29-19-5-9-34-14-22(19)30/h3-4,12-13,19,22,30H,2,5-11,14H2,1H3,(H,27,31)(H,29,32)/t19-,22-/m0/s1. The Morgan fingerprint density at radius 2 is 2.11 bits per heavy atom. The lowest BCUT2D eigenvalue weighted by molar-refractivity contribution is -0.0261. The van der Waals surface area contributed by atoms with E-state index in [1.54, 1.807) is 19.2 Å². The van der Waals surface area contributed by atoms with Crippen molar-refractivity contribution in [1.29, 1.82) is 0 Å². The highest BCUT2D eigenvalue weighted by atomic mass is 19.1. The lowest BCUT2D eigenvalue weighted by Crippen LogP contribution is -2.48. The number of ether oxygens (including phenoxy) is 3. The van der Waals surface area contributed by atoms with Crippen LogP contribution in [0.25, 0.3) is 0 Å². The van der Waals surface area contributed by atoms with Gasteiger partial charge in [-0.05, 0) is 36.6 Å². The molecule has 3 N–H and O–H groups in total. The quantitative estimate of drug-likeness (QED) is 0.458. The first-order valence-corrected chi connectivity index (χ1v) is 11.7. The molecule has 0 radical (unpaired) electrons. The van der Waals surface area contributed by atoms with Crippen LogP contribution < -0.4 is 15.4 Å². The van der Waals surface area contributed by atoms with Crippen molar-refractivity contribution in [2.24, 2.45) is 0 Å². The fourth-order valence-corrected chi connectivity index (χ4v) is 4.21. The zero-order chi connectivity index (χ0) is 24.8. The van der Waals surface area contributed by atoms with Gasteiger partial charge in [0.1, 0.15) is 17.3 Å². The molecule has 9 nitrogen and oxygen atoms in total. The predicted molar refractivity (Wildman–Crippen MR) is 124 cm³/mol. The summed E-state index contributed by atoms with van der Waals surface area (Å²) in [6, 6.07) is 5.70. The van der Waals surface area contributed by atoms with E-state index in [9.17, 15) is 19.1 Å². The lowest BCUT2D eigenvalue weighted by atomic mass is 10.0. The van der Waals surface area contributed by atoms with Gasteiger partial charge in [-0.2, -0.15) is 0 Å². The Morgan fingerprint density at radius 1 is 1.26 bits per heavy atom. The van der Waals surface area contributed by atoms with Crippen LogP contribution in [-0.2, 0) is 22.3 Å². The second-order valence-corrected chi connectivity index (χ2v) is 8.65. The van der Waals surface area contributed by atoms with Gasteiger partial charge in [0, 0.05) is 45.3 Å². The number of benzene rings is 1. The van der Waals surface area contributed by atoms with Crippen LogP contribution in [0.1, 0.15) is 50.5 Å². The number of hydrogen-bond acceptors (Lipinski definition) is 7. The molecule has 0 aliphatic carbocycles. The summed E-state index contributed by atoms with van der Waals surface area (Å²) in [6.45, 7) is 2.00. The van der Waals surface area contributed by atoms with Crippen LogP contribution in [0.15, 0.2) is 24.3 Å². The molecule has 2 aromatic rings. The van der Waals surface area contributed by atoms with Crippen molar-refractivity contribution in [3.8, 4) is 5.75 Å². The molecular weight excluding hydrogens is 457 g/mol. The van der Waals surface area contributed by atoms with Gasteiger partial charge in [0.15, 0.2) is 0 Å². The maximum absolute atomic E-state index is 14.7. The monoisotopic (exact) mass is 487 g/mol. The number of fused-ring (bicyclic) bond motifs is 1. The van der Waals surface area contributed by atoms with Crippen molar-refractivity contribution < 1.29 is 33.3 Å². The van der Waals surface area contributed by atoms with Crippen molar-refractivity contribution in [3.63, 3.8) is 0 Å². The second kappa shape index (κ2) is 11.6. The molecule has 10 heteroatoms. The summed E-state index contributed by atoms with van der Waals surface area (Å²) in [5.74, 6) is -0.885. The van der Waals surface area contributed by atoms with Gasteiger partial charge >= 0.3 is 0 Å². The van der Waals surface area contributed by atoms with Gasteiger partial charge in [0.25, 0.3) is 11.8 Å². The van der Waals surface area contributed by atoms with E-state index in [0.29, 0.717) is 74.6 Å². The van der Waals surface area contributed by atoms with Crippen molar-refractivity contribution in [2.45, 2.75) is 37.8 Å². The van der Waals surface area contributed by atoms with Crippen molar-refractivity contribution in [3.05, 3.63) is 58.2 Å².